The minimum Gasteiger partial charge on any atom is -0.261 e. The Morgan fingerprint density at radius 2 is 2.00 bits per heavy atom. The van der Waals surface area contributed by atoms with Crippen molar-refractivity contribution in [2.75, 3.05) is 0 Å². The van der Waals surface area contributed by atoms with Crippen LogP contribution in [0.4, 0.5) is 0 Å². The number of hydrogen-bond acceptors (Lipinski definition) is 1. The molecule has 0 spiro atoms. The van der Waals surface area contributed by atoms with Crippen molar-refractivity contribution < 1.29 is 19.5 Å². The second kappa shape index (κ2) is 3.73. The van der Waals surface area contributed by atoms with Crippen molar-refractivity contribution in [1.82, 2.24) is 4.98 Å². The summed E-state index contributed by atoms with van der Waals surface area (Å²) in [5.74, 6) is 0. The van der Waals surface area contributed by atoms with Gasteiger partial charge < -0.3 is 0 Å². The zero-order chi connectivity index (χ0) is 5.98. The fourth-order valence-corrected chi connectivity index (χ4v) is 0.565. The molecule has 0 aliphatic carbocycles. The summed E-state index contributed by atoms with van der Waals surface area (Å²) in [5, 5.41) is 0. The molecular formula is C7H9NZn. The predicted molar refractivity (Wildman–Crippen MR) is 33.7 cm³/mol. The third kappa shape index (κ3) is 2.23. The molecule has 2 heteroatoms. The molecule has 0 unspecified atom stereocenters. The van der Waals surface area contributed by atoms with Gasteiger partial charge in [0, 0.05) is 31.4 Å². The van der Waals surface area contributed by atoms with Crippen LogP contribution in [0.25, 0.3) is 0 Å². The van der Waals surface area contributed by atoms with E-state index in [1.807, 2.05) is 19.2 Å². The van der Waals surface area contributed by atoms with Gasteiger partial charge in [0.15, 0.2) is 0 Å². The van der Waals surface area contributed by atoms with Crippen molar-refractivity contribution in [2.45, 2.75) is 13.8 Å². The van der Waals surface area contributed by atoms with Crippen molar-refractivity contribution >= 4 is 0 Å². The summed E-state index contributed by atoms with van der Waals surface area (Å²) >= 11 is 0. The molecule has 0 aromatic carbocycles. The van der Waals surface area contributed by atoms with Gasteiger partial charge in [-0.25, -0.2) is 0 Å². The maximum atomic E-state index is 4.08. The maximum absolute atomic E-state index is 4.08. The molecule has 0 N–H and O–H groups in total. The molecule has 0 amide bonds. The molecular weight excluding hydrogens is 163 g/mol. The first kappa shape index (κ1) is 8.77. The van der Waals surface area contributed by atoms with Gasteiger partial charge in [0.05, 0.1) is 0 Å². The zero-order valence-corrected chi connectivity index (χ0v) is 8.85. The number of aromatic nitrogens is 1. The Morgan fingerprint density at radius 3 is 2.33 bits per heavy atom. The van der Waals surface area contributed by atoms with Crippen molar-refractivity contribution in [3.63, 3.8) is 0 Å². The normalized spacial score (nSPS) is 8.22. The summed E-state index contributed by atoms with van der Waals surface area (Å²) in [7, 11) is 0. The molecule has 0 radical (unpaired) electrons. The Labute approximate surface area is 68.3 Å². The molecule has 0 saturated carbocycles. The standard InChI is InChI=1S/C7H9N.Zn/c1-6-4-3-5-8-7(6)2;/h3-5H,1-2H3;. The molecule has 0 saturated heterocycles. The fourth-order valence-electron chi connectivity index (χ4n) is 0.565. The number of nitrogens with zero attached hydrogens (tertiary/aromatic N) is 1. The Kier molecular flexibility index (Phi) is 3.64. The molecule has 9 heavy (non-hydrogen) atoms. The Morgan fingerprint density at radius 1 is 1.33 bits per heavy atom. The SMILES string of the molecule is Cc1cccnc1C.[Zn]. The van der Waals surface area contributed by atoms with Gasteiger partial charge in [0.1, 0.15) is 0 Å². The molecule has 0 aliphatic rings. The average molecular weight is 173 g/mol. The molecule has 1 nitrogen and oxygen atoms in total. The van der Waals surface area contributed by atoms with Gasteiger partial charge in [0.25, 0.3) is 0 Å². The number of rotatable bonds is 0. The molecule has 0 bridgehead atoms. The molecule has 0 aliphatic heterocycles. The van der Waals surface area contributed by atoms with Crippen LogP contribution in [0, 0.1) is 13.8 Å². The van der Waals surface area contributed by atoms with Gasteiger partial charge in [-0.05, 0) is 25.5 Å². The van der Waals surface area contributed by atoms with Crippen LogP contribution in [0.3, 0.4) is 0 Å². The molecule has 0 atom stereocenters. The Balaban J connectivity index is 0.000000640. The summed E-state index contributed by atoms with van der Waals surface area (Å²) in [4.78, 5) is 4.08. The molecule has 1 aromatic rings. The van der Waals surface area contributed by atoms with Crippen LogP contribution in [0.2, 0.25) is 0 Å². The van der Waals surface area contributed by atoms with Gasteiger partial charge in [-0.15, -0.1) is 0 Å². The third-order valence-electron chi connectivity index (χ3n) is 1.27. The quantitative estimate of drug-likeness (QED) is 0.543. The predicted octanol–water partition coefficient (Wildman–Crippen LogP) is 1.70. The first-order chi connectivity index (χ1) is 3.80. The van der Waals surface area contributed by atoms with E-state index in [2.05, 4.69) is 18.0 Å². The van der Waals surface area contributed by atoms with Crippen molar-refractivity contribution in [2.24, 2.45) is 0 Å². The van der Waals surface area contributed by atoms with Crippen LogP contribution < -0.4 is 0 Å². The van der Waals surface area contributed by atoms with E-state index in [0.29, 0.717) is 0 Å². The van der Waals surface area contributed by atoms with Crippen LogP contribution in [-0.4, -0.2) is 4.98 Å². The second-order valence-corrected chi connectivity index (χ2v) is 1.91. The summed E-state index contributed by atoms with van der Waals surface area (Å²) in [6.45, 7) is 4.07. The van der Waals surface area contributed by atoms with Crippen molar-refractivity contribution in [3.8, 4) is 0 Å². The van der Waals surface area contributed by atoms with E-state index in [4.69, 9.17) is 0 Å². The van der Waals surface area contributed by atoms with Gasteiger partial charge >= 0.3 is 0 Å². The summed E-state index contributed by atoms with van der Waals surface area (Å²) in [5.41, 5.74) is 2.38. The van der Waals surface area contributed by atoms with E-state index in [-0.39, 0.29) is 19.5 Å². The Hall–Kier alpha value is -0.227. The Bertz CT molecular complexity index is 165. The summed E-state index contributed by atoms with van der Waals surface area (Å²) in [6, 6.07) is 4.00. The monoisotopic (exact) mass is 171 g/mol. The van der Waals surface area contributed by atoms with Crippen LogP contribution >= 0.6 is 0 Å². The molecule has 1 heterocycles. The van der Waals surface area contributed by atoms with Gasteiger partial charge in [-0.1, -0.05) is 6.07 Å². The van der Waals surface area contributed by atoms with Gasteiger partial charge in [0.2, 0.25) is 0 Å². The second-order valence-electron chi connectivity index (χ2n) is 1.91. The minimum absolute atomic E-state index is 0. The van der Waals surface area contributed by atoms with E-state index in [9.17, 15) is 0 Å². The van der Waals surface area contributed by atoms with E-state index in [1.54, 1.807) is 0 Å². The van der Waals surface area contributed by atoms with E-state index >= 15 is 0 Å². The average Bonchev–Trinajstić information content (AvgIpc) is 1.77. The third-order valence-corrected chi connectivity index (χ3v) is 1.27. The smallest absolute Gasteiger partial charge is 0.0401 e. The van der Waals surface area contributed by atoms with Crippen molar-refractivity contribution in [1.29, 1.82) is 0 Å². The number of aryl methyl sites for hydroxylation is 2. The van der Waals surface area contributed by atoms with Gasteiger partial charge in [-0.2, -0.15) is 0 Å². The van der Waals surface area contributed by atoms with E-state index in [1.165, 1.54) is 5.56 Å². The first-order valence-corrected chi connectivity index (χ1v) is 2.69. The summed E-state index contributed by atoms with van der Waals surface area (Å²) in [6.07, 6.45) is 1.81. The number of pyridine rings is 1. The van der Waals surface area contributed by atoms with Crippen molar-refractivity contribution in [3.05, 3.63) is 29.6 Å². The van der Waals surface area contributed by atoms with E-state index in [0.717, 1.165) is 5.69 Å². The zero-order valence-electron chi connectivity index (χ0n) is 5.89. The van der Waals surface area contributed by atoms with E-state index < -0.39 is 0 Å². The topological polar surface area (TPSA) is 12.9 Å². The van der Waals surface area contributed by atoms with Crippen LogP contribution in [-0.2, 0) is 19.5 Å². The van der Waals surface area contributed by atoms with Crippen LogP contribution in [0.1, 0.15) is 11.3 Å². The first-order valence-electron chi connectivity index (χ1n) is 2.69. The molecule has 44 valence electrons. The van der Waals surface area contributed by atoms with Crippen LogP contribution in [0.15, 0.2) is 18.3 Å². The maximum Gasteiger partial charge on any atom is 0.0401 e. The van der Waals surface area contributed by atoms with Gasteiger partial charge in [-0.3, -0.25) is 4.98 Å². The molecule has 1 rings (SSSR count). The van der Waals surface area contributed by atoms with Crippen LogP contribution in [0.5, 0.6) is 0 Å². The minimum atomic E-state index is 0. The molecule has 0 fully saturated rings. The largest absolute Gasteiger partial charge is 0.261 e. The molecule has 1 aromatic heterocycles. The number of hydrogen-bond donors (Lipinski definition) is 0. The summed E-state index contributed by atoms with van der Waals surface area (Å²) < 4.78 is 0. The fraction of sp³-hybridized carbons (Fsp3) is 0.286.